The van der Waals surface area contributed by atoms with Gasteiger partial charge in [-0.1, -0.05) is 13.8 Å². The van der Waals surface area contributed by atoms with Crippen molar-refractivity contribution in [1.29, 1.82) is 0 Å². The number of ketones is 1. The molecule has 1 aliphatic carbocycles. The minimum absolute atomic E-state index is 0.00568. The summed E-state index contributed by atoms with van der Waals surface area (Å²) >= 11 is 0. The molecule has 1 N–H and O–H groups in total. The third kappa shape index (κ3) is 4.34. The first kappa shape index (κ1) is 16.9. The molecule has 0 bridgehead atoms. The number of anilines is 1. The second-order valence-corrected chi connectivity index (χ2v) is 7.51. The SMILES string of the molecule is CC(C)CC(=O)[C@@H]1CCCN(C(=O)c2ccc(NC3CC3)nc2)C1. The van der Waals surface area contributed by atoms with Crippen LogP contribution in [0.15, 0.2) is 18.3 Å². The van der Waals surface area contributed by atoms with Crippen molar-refractivity contribution in [3.63, 3.8) is 0 Å². The molecule has 1 aromatic rings. The summed E-state index contributed by atoms with van der Waals surface area (Å²) in [4.78, 5) is 31.2. The fraction of sp³-hybridized carbons (Fsp3) is 0.632. The summed E-state index contributed by atoms with van der Waals surface area (Å²) in [6, 6.07) is 4.25. The van der Waals surface area contributed by atoms with Gasteiger partial charge in [-0.2, -0.15) is 0 Å². The Kier molecular flexibility index (Phi) is 5.17. The zero-order valence-corrected chi connectivity index (χ0v) is 14.6. The number of Topliss-reactive ketones (excluding diaryl/α,β-unsaturated/α-hetero) is 1. The molecule has 130 valence electrons. The molecule has 0 spiro atoms. The molecule has 5 heteroatoms. The minimum atomic E-state index is -0.0116. The lowest BCUT2D eigenvalue weighted by Crippen LogP contribution is -2.42. The van der Waals surface area contributed by atoms with Gasteiger partial charge in [0.25, 0.3) is 5.91 Å². The summed E-state index contributed by atoms with van der Waals surface area (Å²) in [7, 11) is 0. The van der Waals surface area contributed by atoms with E-state index < -0.39 is 0 Å². The molecule has 5 nitrogen and oxygen atoms in total. The van der Waals surface area contributed by atoms with E-state index in [1.54, 1.807) is 6.20 Å². The Hall–Kier alpha value is -1.91. The van der Waals surface area contributed by atoms with E-state index in [2.05, 4.69) is 24.1 Å². The van der Waals surface area contributed by atoms with Crippen LogP contribution in [0.2, 0.25) is 0 Å². The van der Waals surface area contributed by atoms with Gasteiger partial charge >= 0.3 is 0 Å². The van der Waals surface area contributed by atoms with Crippen molar-refractivity contribution in [3.8, 4) is 0 Å². The molecule has 0 radical (unpaired) electrons. The number of aromatic nitrogens is 1. The minimum Gasteiger partial charge on any atom is -0.367 e. The Balaban J connectivity index is 1.60. The monoisotopic (exact) mass is 329 g/mol. The fourth-order valence-electron chi connectivity index (χ4n) is 3.22. The Labute approximate surface area is 143 Å². The molecule has 1 saturated carbocycles. The van der Waals surface area contributed by atoms with E-state index in [9.17, 15) is 9.59 Å². The zero-order valence-electron chi connectivity index (χ0n) is 14.6. The van der Waals surface area contributed by atoms with Crippen molar-refractivity contribution in [3.05, 3.63) is 23.9 Å². The van der Waals surface area contributed by atoms with Gasteiger partial charge in [0.1, 0.15) is 11.6 Å². The Morgan fingerprint density at radius 3 is 2.71 bits per heavy atom. The lowest BCUT2D eigenvalue weighted by Gasteiger charge is -2.32. The first-order valence-electron chi connectivity index (χ1n) is 9.07. The van der Waals surface area contributed by atoms with Crippen molar-refractivity contribution < 1.29 is 9.59 Å². The van der Waals surface area contributed by atoms with E-state index in [0.29, 0.717) is 36.3 Å². The van der Waals surface area contributed by atoms with Crippen LogP contribution in [0.3, 0.4) is 0 Å². The Bertz CT molecular complexity index is 593. The van der Waals surface area contributed by atoms with Crippen molar-refractivity contribution in [1.82, 2.24) is 9.88 Å². The summed E-state index contributed by atoms with van der Waals surface area (Å²) in [5.74, 6) is 1.48. The molecule has 1 atom stereocenters. The number of carbonyl (C=O) groups is 2. The van der Waals surface area contributed by atoms with Gasteiger partial charge in [-0.05, 0) is 43.7 Å². The van der Waals surface area contributed by atoms with Crippen LogP contribution in [0.25, 0.3) is 0 Å². The second kappa shape index (κ2) is 7.32. The molecule has 1 aliphatic heterocycles. The fourth-order valence-corrected chi connectivity index (χ4v) is 3.22. The number of nitrogens with one attached hydrogen (secondary N) is 1. The summed E-state index contributed by atoms with van der Waals surface area (Å²) in [5.41, 5.74) is 0.605. The van der Waals surface area contributed by atoms with Gasteiger partial charge in [0, 0.05) is 37.7 Å². The van der Waals surface area contributed by atoms with Gasteiger partial charge in [-0.25, -0.2) is 4.98 Å². The van der Waals surface area contributed by atoms with Gasteiger partial charge in [0.05, 0.1) is 5.56 Å². The molecule has 24 heavy (non-hydrogen) atoms. The second-order valence-electron chi connectivity index (χ2n) is 7.51. The van der Waals surface area contributed by atoms with E-state index in [-0.39, 0.29) is 11.8 Å². The Morgan fingerprint density at radius 1 is 1.29 bits per heavy atom. The van der Waals surface area contributed by atoms with E-state index in [1.165, 1.54) is 12.8 Å². The summed E-state index contributed by atoms with van der Waals surface area (Å²) in [6.07, 6.45) is 6.44. The average molecular weight is 329 g/mol. The molecule has 0 unspecified atom stereocenters. The lowest BCUT2D eigenvalue weighted by atomic mass is 9.89. The normalized spacial score (nSPS) is 21.0. The molecular formula is C19H27N3O2. The van der Waals surface area contributed by atoms with E-state index in [0.717, 1.165) is 25.2 Å². The van der Waals surface area contributed by atoms with Crippen LogP contribution >= 0.6 is 0 Å². The highest BCUT2D eigenvalue weighted by atomic mass is 16.2. The highest BCUT2D eigenvalue weighted by Crippen LogP contribution is 2.24. The molecule has 1 amide bonds. The maximum Gasteiger partial charge on any atom is 0.255 e. The molecule has 1 aromatic heterocycles. The quantitative estimate of drug-likeness (QED) is 0.871. The molecule has 2 heterocycles. The van der Waals surface area contributed by atoms with E-state index >= 15 is 0 Å². The van der Waals surface area contributed by atoms with Crippen LogP contribution in [-0.4, -0.2) is 40.7 Å². The lowest BCUT2D eigenvalue weighted by molar-refractivity contribution is -0.124. The first-order chi connectivity index (χ1) is 11.5. The summed E-state index contributed by atoms with van der Waals surface area (Å²) in [5, 5.41) is 3.32. The average Bonchev–Trinajstić information content (AvgIpc) is 3.38. The zero-order chi connectivity index (χ0) is 17.1. The van der Waals surface area contributed by atoms with Gasteiger partial charge in [-0.3, -0.25) is 9.59 Å². The maximum atomic E-state index is 12.7. The van der Waals surface area contributed by atoms with E-state index in [4.69, 9.17) is 0 Å². The summed E-state index contributed by atoms with van der Waals surface area (Å²) < 4.78 is 0. The topological polar surface area (TPSA) is 62.3 Å². The third-order valence-corrected chi connectivity index (χ3v) is 4.71. The number of amides is 1. The predicted molar refractivity (Wildman–Crippen MR) is 94.0 cm³/mol. The number of rotatable bonds is 6. The number of piperidine rings is 1. The first-order valence-corrected chi connectivity index (χ1v) is 9.07. The van der Waals surface area contributed by atoms with Gasteiger partial charge < -0.3 is 10.2 Å². The van der Waals surface area contributed by atoms with Gasteiger partial charge in [-0.15, -0.1) is 0 Å². The number of hydrogen-bond donors (Lipinski definition) is 1. The summed E-state index contributed by atoms with van der Waals surface area (Å²) in [6.45, 7) is 5.40. The standard InChI is InChI=1S/C19H27N3O2/c1-13(2)10-17(23)15-4-3-9-22(12-15)19(24)14-5-8-18(20-11-14)21-16-6-7-16/h5,8,11,13,15-16H,3-4,6-7,9-10,12H2,1-2H3,(H,20,21)/t15-/m1/s1. The number of pyridine rings is 1. The molecule has 0 aromatic carbocycles. The highest BCUT2D eigenvalue weighted by Gasteiger charge is 2.29. The Morgan fingerprint density at radius 2 is 2.08 bits per heavy atom. The number of nitrogens with zero attached hydrogens (tertiary/aromatic N) is 2. The molecule has 1 saturated heterocycles. The van der Waals surface area contributed by atoms with Crippen LogP contribution in [0.5, 0.6) is 0 Å². The number of likely N-dealkylation sites (tertiary alicyclic amines) is 1. The van der Waals surface area contributed by atoms with Crippen molar-refractivity contribution in [2.75, 3.05) is 18.4 Å². The van der Waals surface area contributed by atoms with Crippen LogP contribution in [-0.2, 0) is 4.79 Å². The van der Waals surface area contributed by atoms with E-state index in [1.807, 2.05) is 17.0 Å². The van der Waals surface area contributed by atoms with Gasteiger partial charge in [0.15, 0.2) is 0 Å². The maximum absolute atomic E-state index is 12.7. The van der Waals surface area contributed by atoms with Crippen LogP contribution in [0.4, 0.5) is 5.82 Å². The molecule has 2 aliphatic rings. The van der Waals surface area contributed by atoms with Crippen molar-refractivity contribution >= 4 is 17.5 Å². The van der Waals surface area contributed by atoms with Crippen LogP contribution in [0, 0.1) is 11.8 Å². The van der Waals surface area contributed by atoms with Crippen LogP contribution in [0.1, 0.15) is 56.3 Å². The third-order valence-electron chi connectivity index (χ3n) is 4.71. The van der Waals surface area contributed by atoms with Gasteiger partial charge in [0.2, 0.25) is 0 Å². The number of hydrogen-bond acceptors (Lipinski definition) is 4. The van der Waals surface area contributed by atoms with Crippen molar-refractivity contribution in [2.24, 2.45) is 11.8 Å². The van der Waals surface area contributed by atoms with Crippen LogP contribution < -0.4 is 5.32 Å². The predicted octanol–water partition coefficient (Wildman–Crippen LogP) is 3.12. The number of carbonyl (C=O) groups excluding carboxylic acids is 2. The largest absolute Gasteiger partial charge is 0.367 e. The highest BCUT2D eigenvalue weighted by molar-refractivity contribution is 5.94. The smallest absolute Gasteiger partial charge is 0.255 e. The molecule has 3 rings (SSSR count). The van der Waals surface area contributed by atoms with Crippen molar-refractivity contribution in [2.45, 2.75) is 52.0 Å². The molecular weight excluding hydrogens is 302 g/mol. The molecule has 2 fully saturated rings.